The van der Waals surface area contributed by atoms with E-state index in [9.17, 15) is 29.1 Å². The van der Waals surface area contributed by atoms with Gasteiger partial charge in [0.15, 0.2) is 0 Å². The second-order valence-corrected chi connectivity index (χ2v) is 12.8. The van der Waals surface area contributed by atoms with Crippen LogP contribution in [0.25, 0.3) is 0 Å². The molecule has 0 radical (unpaired) electrons. The highest BCUT2D eigenvalue weighted by molar-refractivity contribution is 5.91. The standard InChI is InChI=1S/C31H51N5O7/c1-18(2)14-22(34-28(40)23(16-25(32)38)35-30(42)43-31(6,7)8)24(37)15-20(5)27(39)36-26(19(3)4)29(41)33-17-21-12-10-9-11-13-21/h9-13,18-20,22-24,26,37H,14-17H2,1-8H3,(H2,32,38)(H,33,41)(H,34,40)(H,35,42)(H,36,39)/t20-,22+,23?,24+,26+/m1/s1. The molecule has 0 aromatic heterocycles. The fourth-order valence-electron chi connectivity index (χ4n) is 4.32. The molecule has 0 aliphatic rings. The fraction of sp³-hybridized carbons (Fsp3) is 0.645. The summed E-state index contributed by atoms with van der Waals surface area (Å²) in [5.41, 5.74) is 5.40. The lowest BCUT2D eigenvalue weighted by Gasteiger charge is -2.30. The van der Waals surface area contributed by atoms with E-state index in [0.717, 1.165) is 5.56 Å². The molecule has 0 spiro atoms. The lowest BCUT2D eigenvalue weighted by atomic mass is 9.91. The molecule has 1 aromatic rings. The topological polar surface area (TPSA) is 189 Å². The van der Waals surface area contributed by atoms with Gasteiger partial charge in [-0.3, -0.25) is 19.2 Å². The zero-order valence-electron chi connectivity index (χ0n) is 26.7. The van der Waals surface area contributed by atoms with Gasteiger partial charge in [-0.15, -0.1) is 0 Å². The van der Waals surface area contributed by atoms with Gasteiger partial charge < -0.3 is 36.8 Å². The average molecular weight is 606 g/mol. The average Bonchev–Trinajstić information content (AvgIpc) is 2.88. The van der Waals surface area contributed by atoms with Gasteiger partial charge in [0.05, 0.1) is 18.6 Å². The van der Waals surface area contributed by atoms with Crippen molar-refractivity contribution in [2.24, 2.45) is 23.5 Å². The maximum absolute atomic E-state index is 13.1. The maximum atomic E-state index is 13.1. The minimum atomic E-state index is -1.32. The predicted octanol–water partition coefficient (Wildman–Crippen LogP) is 2.13. The largest absolute Gasteiger partial charge is 0.444 e. The van der Waals surface area contributed by atoms with Gasteiger partial charge in [0.1, 0.15) is 17.7 Å². The highest BCUT2D eigenvalue weighted by atomic mass is 16.6. The van der Waals surface area contributed by atoms with E-state index in [2.05, 4.69) is 21.3 Å². The molecule has 7 N–H and O–H groups in total. The quantitative estimate of drug-likeness (QED) is 0.166. The first-order valence-electron chi connectivity index (χ1n) is 14.8. The van der Waals surface area contributed by atoms with E-state index in [4.69, 9.17) is 10.5 Å². The molecule has 1 rings (SSSR count). The Balaban J connectivity index is 2.90. The summed E-state index contributed by atoms with van der Waals surface area (Å²) in [6.45, 7) is 14.4. The molecule has 242 valence electrons. The van der Waals surface area contributed by atoms with Crippen LogP contribution in [0.2, 0.25) is 0 Å². The zero-order chi connectivity index (χ0) is 32.9. The molecular weight excluding hydrogens is 554 g/mol. The third-order valence-corrected chi connectivity index (χ3v) is 6.53. The second-order valence-electron chi connectivity index (χ2n) is 12.8. The van der Waals surface area contributed by atoms with Crippen LogP contribution in [0.4, 0.5) is 4.79 Å². The number of nitrogens with two attached hydrogens (primary N) is 1. The molecule has 0 heterocycles. The van der Waals surface area contributed by atoms with Gasteiger partial charge in [0, 0.05) is 12.5 Å². The van der Waals surface area contributed by atoms with E-state index in [-0.39, 0.29) is 24.2 Å². The molecule has 1 aromatic carbocycles. The number of rotatable bonds is 16. The van der Waals surface area contributed by atoms with Crippen molar-refractivity contribution in [2.45, 2.75) is 111 Å². The summed E-state index contributed by atoms with van der Waals surface area (Å²) in [6, 6.07) is 6.52. The fourth-order valence-corrected chi connectivity index (χ4v) is 4.32. The van der Waals surface area contributed by atoms with Crippen molar-refractivity contribution < 1.29 is 33.8 Å². The van der Waals surface area contributed by atoms with Crippen molar-refractivity contribution in [3.8, 4) is 0 Å². The highest BCUT2D eigenvalue weighted by Crippen LogP contribution is 2.17. The van der Waals surface area contributed by atoms with E-state index in [1.165, 1.54) is 0 Å². The summed E-state index contributed by atoms with van der Waals surface area (Å²) < 4.78 is 5.19. The van der Waals surface area contributed by atoms with E-state index in [1.807, 2.05) is 58.0 Å². The first-order chi connectivity index (χ1) is 19.9. The molecule has 5 atom stereocenters. The summed E-state index contributed by atoms with van der Waals surface area (Å²) in [4.78, 5) is 63.0. The maximum Gasteiger partial charge on any atom is 0.408 e. The number of aliphatic hydroxyl groups is 1. The van der Waals surface area contributed by atoms with E-state index >= 15 is 0 Å². The van der Waals surface area contributed by atoms with Crippen molar-refractivity contribution in [1.82, 2.24) is 21.3 Å². The SMILES string of the molecule is CC(C)C[C@H](NC(=O)C(CC(N)=O)NC(=O)OC(C)(C)C)[C@@H](O)C[C@@H](C)C(=O)N[C@H](C(=O)NCc1ccccc1)C(C)C. The molecule has 0 bridgehead atoms. The van der Waals surface area contributed by atoms with Crippen LogP contribution in [0.3, 0.4) is 0 Å². The Labute approximate surface area is 255 Å². The Kier molecular flexibility index (Phi) is 15.2. The van der Waals surface area contributed by atoms with Crippen molar-refractivity contribution in [3.63, 3.8) is 0 Å². The number of ether oxygens (including phenoxy) is 1. The van der Waals surface area contributed by atoms with Crippen LogP contribution in [0.5, 0.6) is 0 Å². The molecule has 43 heavy (non-hydrogen) atoms. The van der Waals surface area contributed by atoms with Crippen molar-refractivity contribution in [1.29, 1.82) is 0 Å². The first-order valence-corrected chi connectivity index (χ1v) is 14.8. The molecule has 1 unspecified atom stereocenters. The van der Waals surface area contributed by atoms with Gasteiger partial charge >= 0.3 is 6.09 Å². The van der Waals surface area contributed by atoms with Crippen LogP contribution in [-0.4, -0.2) is 64.7 Å². The highest BCUT2D eigenvalue weighted by Gasteiger charge is 2.32. The van der Waals surface area contributed by atoms with Crippen molar-refractivity contribution in [3.05, 3.63) is 35.9 Å². The van der Waals surface area contributed by atoms with Crippen LogP contribution in [0, 0.1) is 17.8 Å². The van der Waals surface area contributed by atoms with Crippen LogP contribution in [-0.2, 0) is 30.5 Å². The molecule has 0 saturated carbocycles. The smallest absolute Gasteiger partial charge is 0.408 e. The Morgan fingerprint density at radius 2 is 1.47 bits per heavy atom. The third-order valence-electron chi connectivity index (χ3n) is 6.53. The number of alkyl carbamates (subject to hydrolysis) is 1. The van der Waals surface area contributed by atoms with E-state index in [0.29, 0.717) is 13.0 Å². The minimum Gasteiger partial charge on any atom is -0.444 e. The lowest BCUT2D eigenvalue weighted by Crippen LogP contribution is -2.55. The number of hydrogen-bond acceptors (Lipinski definition) is 7. The van der Waals surface area contributed by atoms with Crippen LogP contribution in [0.15, 0.2) is 30.3 Å². The van der Waals surface area contributed by atoms with Crippen LogP contribution in [0.1, 0.15) is 80.2 Å². The number of hydrogen-bond donors (Lipinski definition) is 6. The molecule has 5 amide bonds. The van der Waals surface area contributed by atoms with Crippen LogP contribution < -0.4 is 27.0 Å². The molecule has 0 aliphatic heterocycles. The normalized spacial score (nSPS) is 15.0. The number of primary amides is 1. The molecular formula is C31H51N5O7. The number of benzene rings is 1. The summed E-state index contributed by atoms with van der Waals surface area (Å²) in [6.07, 6.45) is -2.18. The summed E-state index contributed by atoms with van der Waals surface area (Å²) in [5, 5.41) is 21.8. The number of aliphatic hydroxyl groups excluding tert-OH is 1. The summed E-state index contributed by atoms with van der Waals surface area (Å²) in [5.74, 6) is -3.11. The number of carbonyl (C=O) groups is 5. The van der Waals surface area contributed by atoms with Gasteiger partial charge in [0.2, 0.25) is 23.6 Å². The minimum absolute atomic E-state index is 0.0140. The van der Waals surface area contributed by atoms with Gasteiger partial charge in [-0.1, -0.05) is 65.0 Å². The summed E-state index contributed by atoms with van der Waals surface area (Å²) in [7, 11) is 0. The van der Waals surface area contributed by atoms with Crippen molar-refractivity contribution in [2.75, 3.05) is 0 Å². The first kappa shape index (κ1) is 37.4. The monoisotopic (exact) mass is 605 g/mol. The Hall–Kier alpha value is -3.67. The Morgan fingerprint density at radius 3 is 1.98 bits per heavy atom. The molecule has 0 fully saturated rings. The molecule has 0 saturated heterocycles. The van der Waals surface area contributed by atoms with Gasteiger partial charge in [0.25, 0.3) is 0 Å². The van der Waals surface area contributed by atoms with Crippen molar-refractivity contribution >= 4 is 29.7 Å². The third kappa shape index (κ3) is 14.9. The molecule has 12 heteroatoms. The van der Waals surface area contributed by atoms with E-state index < -0.39 is 66.0 Å². The van der Waals surface area contributed by atoms with Gasteiger partial charge in [-0.25, -0.2) is 4.79 Å². The predicted molar refractivity (Wildman–Crippen MR) is 163 cm³/mol. The van der Waals surface area contributed by atoms with Crippen LogP contribution >= 0.6 is 0 Å². The van der Waals surface area contributed by atoms with Gasteiger partial charge in [-0.2, -0.15) is 0 Å². The second kappa shape index (κ2) is 17.4. The van der Waals surface area contributed by atoms with E-state index in [1.54, 1.807) is 27.7 Å². The summed E-state index contributed by atoms with van der Waals surface area (Å²) >= 11 is 0. The van der Waals surface area contributed by atoms with Gasteiger partial charge in [-0.05, 0) is 51.0 Å². The molecule has 12 nitrogen and oxygen atoms in total. The number of amides is 5. The number of carbonyl (C=O) groups excluding carboxylic acids is 5. The Bertz CT molecular complexity index is 1070. The number of nitrogens with one attached hydrogen (secondary N) is 4. The zero-order valence-corrected chi connectivity index (χ0v) is 26.7. The lowest BCUT2D eigenvalue weighted by molar-refractivity contribution is -0.132. The molecule has 0 aliphatic carbocycles. The Morgan fingerprint density at radius 1 is 0.860 bits per heavy atom.